The molecule has 0 aliphatic rings. The fourth-order valence-corrected chi connectivity index (χ4v) is 3.93. The normalized spacial score (nSPS) is 10.6. The van der Waals surface area contributed by atoms with E-state index in [1.165, 1.54) is 30.6 Å². The topological polar surface area (TPSA) is 83.5 Å². The molecule has 0 saturated carbocycles. The number of halogens is 2. The molecule has 0 aliphatic carbocycles. The second kappa shape index (κ2) is 7.63. The van der Waals surface area contributed by atoms with Crippen LogP contribution in [0.1, 0.15) is 10.4 Å². The van der Waals surface area contributed by atoms with Crippen LogP contribution >= 0.6 is 46.8 Å². The number of phenols is 1. The Morgan fingerprint density at radius 1 is 1.31 bits per heavy atom. The van der Waals surface area contributed by atoms with Gasteiger partial charge in [0.1, 0.15) is 11.5 Å². The molecule has 0 radical (unpaired) electrons. The van der Waals surface area contributed by atoms with Gasteiger partial charge in [-0.15, -0.1) is 0 Å². The predicted molar refractivity (Wildman–Crippen MR) is 108 cm³/mol. The monoisotopic (exact) mass is 427 g/mol. The fourth-order valence-electron chi connectivity index (χ4n) is 2.20. The summed E-state index contributed by atoms with van der Waals surface area (Å²) in [7, 11) is 1.40. The summed E-state index contributed by atoms with van der Waals surface area (Å²) in [6.45, 7) is 0. The van der Waals surface area contributed by atoms with Crippen molar-refractivity contribution in [3.63, 3.8) is 0 Å². The van der Waals surface area contributed by atoms with Crippen LogP contribution in [-0.2, 0) is 0 Å². The van der Waals surface area contributed by atoms with Gasteiger partial charge in [-0.3, -0.25) is 10.1 Å². The number of benzene rings is 2. The van der Waals surface area contributed by atoms with Crippen LogP contribution in [0.25, 0.3) is 10.2 Å². The smallest absolute Gasteiger partial charge is 0.261 e. The number of fused-ring (bicyclic) bond motifs is 1. The van der Waals surface area contributed by atoms with Crippen LogP contribution in [-0.4, -0.2) is 28.2 Å². The van der Waals surface area contributed by atoms with Gasteiger partial charge in [0.05, 0.1) is 27.9 Å². The Kier molecular flexibility index (Phi) is 5.47. The van der Waals surface area contributed by atoms with Crippen molar-refractivity contribution < 1.29 is 14.6 Å². The van der Waals surface area contributed by atoms with Gasteiger partial charge in [0, 0.05) is 5.02 Å². The third-order valence-electron chi connectivity index (χ3n) is 3.28. The standard InChI is InChI=1S/C16H11Cl2N3O3S2/c1-24-13-9(4-7(17)5-10(13)18)14(23)20-15(25)21-16-19-11-3-2-8(22)6-12(11)26-16/h2-6,22H,1H3,(H2,19,20,21,23,25). The van der Waals surface area contributed by atoms with Crippen molar-refractivity contribution >= 4 is 73.1 Å². The number of hydrogen-bond acceptors (Lipinski definition) is 6. The fraction of sp³-hybridized carbons (Fsp3) is 0.0625. The van der Waals surface area contributed by atoms with E-state index >= 15 is 0 Å². The zero-order valence-electron chi connectivity index (χ0n) is 13.2. The Morgan fingerprint density at radius 3 is 2.81 bits per heavy atom. The second-order valence-corrected chi connectivity index (χ2v) is 7.33. The minimum absolute atomic E-state index is 0.0522. The van der Waals surface area contributed by atoms with Gasteiger partial charge < -0.3 is 15.2 Å². The number of nitrogens with one attached hydrogen (secondary N) is 2. The summed E-state index contributed by atoms with van der Waals surface area (Å²) in [6.07, 6.45) is 0. The highest BCUT2D eigenvalue weighted by Gasteiger charge is 2.18. The highest BCUT2D eigenvalue weighted by Crippen LogP contribution is 2.32. The van der Waals surface area contributed by atoms with E-state index in [-0.39, 0.29) is 27.2 Å². The van der Waals surface area contributed by atoms with Gasteiger partial charge in [-0.05, 0) is 42.5 Å². The number of ether oxygens (including phenoxy) is 1. The molecule has 134 valence electrons. The first kappa shape index (κ1) is 18.7. The van der Waals surface area contributed by atoms with E-state index in [1.54, 1.807) is 18.2 Å². The summed E-state index contributed by atoms with van der Waals surface area (Å²) in [5.74, 6) is -0.178. The second-order valence-electron chi connectivity index (χ2n) is 5.05. The molecule has 0 aliphatic heterocycles. The molecule has 0 fully saturated rings. The van der Waals surface area contributed by atoms with Crippen LogP contribution in [0.2, 0.25) is 10.0 Å². The first-order chi connectivity index (χ1) is 12.4. The summed E-state index contributed by atoms with van der Waals surface area (Å²) in [4.78, 5) is 16.8. The van der Waals surface area contributed by atoms with Gasteiger partial charge in [0.25, 0.3) is 5.91 Å². The first-order valence-electron chi connectivity index (χ1n) is 7.12. The molecule has 2 aromatic carbocycles. The summed E-state index contributed by atoms with van der Waals surface area (Å²) in [5.41, 5.74) is 0.857. The van der Waals surface area contributed by atoms with E-state index in [0.717, 1.165) is 4.70 Å². The first-order valence-corrected chi connectivity index (χ1v) is 9.10. The molecule has 10 heteroatoms. The van der Waals surface area contributed by atoms with E-state index < -0.39 is 5.91 Å². The van der Waals surface area contributed by atoms with Crippen molar-refractivity contribution in [1.29, 1.82) is 0 Å². The number of phenolic OH excluding ortho intramolecular Hbond substituents is 1. The zero-order chi connectivity index (χ0) is 18.8. The number of thiazole rings is 1. The summed E-state index contributed by atoms with van der Waals surface area (Å²) in [5, 5.41) is 15.9. The lowest BCUT2D eigenvalue weighted by atomic mass is 10.2. The molecule has 0 saturated heterocycles. The largest absolute Gasteiger partial charge is 0.508 e. The van der Waals surface area contributed by atoms with E-state index in [0.29, 0.717) is 15.7 Å². The average molecular weight is 428 g/mol. The molecule has 6 nitrogen and oxygen atoms in total. The number of hydrogen-bond donors (Lipinski definition) is 3. The number of carbonyl (C=O) groups excluding carboxylic acids is 1. The lowest BCUT2D eigenvalue weighted by molar-refractivity contribution is 0.0975. The zero-order valence-corrected chi connectivity index (χ0v) is 16.3. The number of rotatable bonds is 3. The number of anilines is 1. The Bertz CT molecular complexity index is 1020. The summed E-state index contributed by atoms with van der Waals surface area (Å²) < 4.78 is 5.94. The Labute approximate surface area is 167 Å². The summed E-state index contributed by atoms with van der Waals surface area (Å²) >= 11 is 18.4. The van der Waals surface area contributed by atoms with Crippen molar-refractivity contribution in [3.8, 4) is 11.5 Å². The van der Waals surface area contributed by atoms with Gasteiger partial charge in [0.15, 0.2) is 10.2 Å². The lowest BCUT2D eigenvalue weighted by Crippen LogP contribution is -2.34. The third kappa shape index (κ3) is 3.99. The Morgan fingerprint density at radius 2 is 2.08 bits per heavy atom. The van der Waals surface area contributed by atoms with Crippen molar-refractivity contribution in [2.75, 3.05) is 12.4 Å². The predicted octanol–water partition coefficient (Wildman–Crippen LogP) is 4.44. The van der Waals surface area contributed by atoms with Crippen molar-refractivity contribution in [2.24, 2.45) is 0 Å². The number of aromatic hydroxyl groups is 1. The van der Waals surface area contributed by atoms with Crippen LogP contribution in [0.4, 0.5) is 5.13 Å². The molecule has 0 atom stereocenters. The molecule has 1 aromatic heterocycles. The van der Waals surface area contributed by atoms with E-state index in [4.69, 9.17) is 40.2 Å². The highest BCUT2D eigenvalue weighted by atomic mass is 35.5. The molecular weight excluding hydrogens is 417 g/mol. The summed E-state index contributed by atoms with van der Waals surface area (Å²) in [6, 6.07) is 7.74. The molecule has 0 bridgehead atoms. The average Bonchev–Trinajstić information content (AvgIpc) is 2.95. The van der Waals surface area contributed by atoms with Gasteiger partial charge in [-0.2, -0.15) is 0 Å². The van der Waals surface area contributed by atoms with E-state index in [9.17, 15) is 9.90 Å². The maximum absolute atomic E-state index is 12.5. The molecular formula is C16H11Cl2N3O3S2. The maximum Gasteiger partial charge on any atom is 0.261 e. The van der Waals surface area contributed by atoms with Gasteiger partial charge in [-0.1, -0.05) is 34.5 Å². The molecule has 26 heavy (non-hydrogen) atoms. The van der Waals surface area contributed by atoms with Crippen LogP contribution in [0.3, 0.4) is 0 Å². The Balaban J connectivity index is 1.76. The molecule has 0 unspecified atom stereocenters. The van der Waals surface area contributed by atoms with Gasteiger partial charge in [0.2, 0.25) is 0 Å². The van der Waals surface area contributed by atoms with E-state index in [2.05, 4.69) is 15.6 Å². The molecule has 3 N–H and O–H groups in total. The van der Waals surface area contributed by atoms with Crippen LogP contribution in [0, 0.1) is 0 Å². The van der Waals surface area contributed by atoms with Crippen molar-refractivity contribution in [2.45, 2.75) is 0 Å². The minimum atomic E-state index is -0.525. The van der Waals surface area contributed by atoms with Crippen molar-refractivity contribution in [3.05, 3.63) is 45.9 Å². The molecule has 3 rings (SSSR count). The molecule has 3 aromatic rings. The third-order valence-corrected chi connectivity index (χ3v) is 4.91. The van der Waals surface area contributed by atoms with Crippen LogP contribution < -0.4 is 15.4 Å². The number of nitrogens with zero attached hydrogens (tertiary/aromatic N) is 1. The maximum atomic E-state index is 12.5. The number of methoxy groups -OCH3 is 1. The minimum Gasteiger partial charge on any atom is -0.508 e. The van der Waals surface area contributed by atoms with Crippen LogP contribution in [0.5, 0.6) is 11.5 Å². The van der Waals surface area contributed by atoms with Crippen LogP contribution in [0.15, 0.2) is 30.3 Å². The number of aromatic nitrogens is 1. The van der Waals surface area contributed by atoms with Crippen molar-refractivity contribution in [1.82, 2.24) is 10.3 Å². The molecule has 0 spiro atoms. The quantitative estimate of drug-likeness (QED) is 0.535. The van der Waals surface area contributed by atoms with Gasteiger partial charge >= 0.3 is 0 Å². The number of carbonyl (C=O) groups is 1. The van der Waals surface area contributed by atoms with E-state index in [1.807, 2.05) is 0 Å². The lowest BCUT2D eigenvalue weighted by Gasteiger charge is -2.12. The molecule has 1 amide bonds. The number of amides is 1. The number of thiocarbonyl (C=S) groups is 1. The van der Waals surface area contributed by atoms with Gasteiger partial charge in [-0.25, -0.2) is 4.98 Å². The highest BCUT2D eigenvalue weighted by molar-refractivity contribution is 7.80. The SMILES string of the molecule is COc1c(Cl)cc(Cl)cc1C(=O)NC(=S)Nc1nc2ccc(O)cc2s1. The Hall–Kier alpha value is -2.13. The molecule has 1 heterocycles.